The van der Waals surface area contributed by atoms with Crippen LogP contribution in [0.3, 0.4) is 0 Å². The van der Waals surface area contributed by atoms with Crippen LogP contribution in [0.1, 0.15) is 13.8 Å². The molecule has 0 atom stereocenters. The summed E-state index contributed by atoms with van der Waals surface area (Å²) in [5.74, 6) is -0.429. The number of nitrogens with zero attached hydrogens (tertiary/aromatic N) is 3. The van der Waals surface area contributed by atoms with Crippen molar-refractivity contribution < 1.29 is 9.18 Å². The molecule has 4 nitrogen and oxygen atoms in total. The molecule has 17 heavy (non-hydrogen) atoms. The van der Waals surface area contributed by atoms with Crippen LogP contribution in [-0.2, 0) is 10.3 Å². The first-order valence-electron chi connectivity index (χ1n) is 5.18. The van der Waals surface area contributed by atoms with Gasteiger partial charge in [0.2, 0.25) is 0 Å². The van der Waals surface area contributed by atoms with Crippen molar-refractivity contribution in [1.29, 1.82) is 0 Å². The molecule has 0 aliphatic heterocycles. The van der Waals surface area contributed by atoms with Crippen molar-refractivity contribution in [1.82, 2.24) is 14.8 Å². The van der Waals surface area contributed by atoms with Gasteiger partial charge in [0, 0.05) is 12.4 Å². The van der Waals surface area contributed by atoms with Gasteiger partial charge >= 0.3 is 0 Å². The zero-order valence-electron chi connectivity index (χ0n) is 9.59. The Morgan fingerprint density at radius 2 is 2.18 bits per heavy atom. The van der Waals surface area contributed by atoms with E-state index in [0.717, 1.165) is 6.29 Å². The Bertz CT molecular complexity index is 548. The minimum Gasteiger partial charge on any atom is -0.301 e. The van der Waals surface area contributed by atoms with Crippen LogP contribution in [0.15, 0.2) is 30.6 Å². The topological polar surface area (TPSA) is 47.8 Å². The summed E-state index contributed by atoms with van der Waals surface area (Å²) >= 11 is 0. The summed E-state index contributed by atoms with van der Waals surface area (Å²) in [4.78, 5) is 14.8. The van der Waals surface area contributed by atoms with Crippen molar-refractivity contribution in [2.24, 2.45) is 0 Å². The van der Waals surface area contributed by atoms with E-state index in [1.165, 1.54) is 23.0 Å². The maximum absolute atomic E-state index is 13.5. The first kappa shape index (κ1) is 11.4. The van der Waals surface area contributed by atoms with Crippen LogP contribution in [0.4, 0.5) is 4.39 Å². The number of halogens is 1. The summed E-state index contributed by atoms with van der Waals surface area (Å²) < 4.78 is 15.0. The van der Waals surface area contributed by atoms with Crippen LogP contribution in [0, 0.1) is 5.82 Å². The maximum atomic E-state index is 13.5. The van der Waals surface area contributed by atoms with Gasteiger partial charge in [0.05, 0.1) is 0 Å². The molecule has 2 aromatic rings. The van der Waals surface area contributed by atoms with E-state index in [-0.39, 0.29) is 5.69 Å². The second kappa shape index (κ2) is 4.08. The number of aldehydes is 1. The lowest BCUT2D eigenvalue weighted by molar-refractivity contribution is -0.114. The molecule has 0 amide bonds. The summed E-state index contributed by atoms with van der Waals surface area (Å²) in [7, 11) is 0. The highest BCUT2D eigenvalue weighted by Gasteiger charge is 2.21. The van der Waals surface area contributed by atoms with Crippen molar-refractivity contribution in [3.63, 3.8) is 0 Å². The molecule has 0 N–H and O–H groups in total. The third-order valence-electron chi connectivity index (χ3n) is 2.47. The van der Waals surface area contributed by atoms with Gasteiger partial charge in [-0.15, -0.1) is 0 Å². The first-order chi connectivity index (χ1) is 8.04. The van der Waals surface area contributed by atoms with Crippen LogP contribution >= 0.6 is 0 Å². The Labute approximate surface area is 98.1 Å². The summed E-state index contributed by atoms with van der Waals surface area (Å²) in [6, 6.07) is 4.48. The van der Waals surface area contributed by atoms with Gasteiger partial charge in [0.25, 0.3) is 0 Å². The summed E-state index contributed by atoms with van der Waals surface area (Å²) in [6.45, 7) is 3.46. The van der Waals surface area contributed by atoms with Gasteiger partial charge in [-0.25, -0.2) is 4.39 Å². The highest BCUT2D eigenvalue weighted by Crippen LogP contribution is 2.20. The second-order valence-electron chi connectivity index (χ2n) is 4.25. The van der Waals surface area contributed by atoms with E-state index in [9.17, 15) is 9.18 Å². The molecular weight excluding hydrogens is 221 g/mol. The second-order valence-corrected chi connectivity index (χ2v) is 4.25. The number of aromatic nitrogens is 3. The number of hydrogen-bond donors (Lipinski definition) is 0. The van der Waals surface area contributed by atoms with E-state index in [2.05, 4.69) is 10.1 Å². The van der Waals surface area contributed by atoms with Crippen molar-refractivity contribution >= 4 is 6.29 Å². The molecule has 0 unspecified atom stereocenters. The molecule has 2 aromatic heterocycles. The zero-order chi connectivity index (χ0) is 12.5. The molecule has 5 heteroatoms. The standard InChI is InChI=1S/C12H12FN3O/c1-12(2,8-17)16-7-5-10(15-16)11-9(13)4-3-6-14-11/h3-8H,1-2H3. The quantitative estimate of drug-likeness (QED) is 0.762. The van der Waals surface area contributed by atoms with Crippen LogP contribution < -0.4 is 0 Å². The smallest absolute Gasteiger partial charge is 0.151 e. The van der Waals surface area contributed by atoms with Crippen molar-refractivity contribution in [2.75, 3.05) is 0 Å². The third kappa shape index (κ3) is 2.08. The molecule has 2 rings (SSSR count). The largest absolute Gasteiger partial charge is 0.301 e. The number of carbonyl (C=O) groups is 1. The summed E-state index contributed by atoms with van der Waals surface area (Å²) in [5.41, 5.74) is -0.144. The summed E-state index contributed by atoms with van der Waals surface area (Å²) in [6.07, 6.45) is 3.93. The van der Waals surface area contributed by atoms with Gasteiger partial charge in [0.15, 0.2) is 5.82 Å². The van der Waals surface area contributed by atoms with Crippen LogP contribution in [0.25, 0.3) is 11.4 Å². The van der Waals surface area contributed by atoms with E-state index in [1.807, 2.05) is 0 Å². The van der Waals surface area contributed by atoms with Crippen molar-refractivity contribution in [3.05, 3.63) is 36.4 Å². The lowest BCUT2D eigenvalue weighted by atomic mass is 10.1. The molecule has 0 aliphatic carbocycles. The molecular formula is C12H12FN3O. The monoisotopic (exact) mass is 233 g/mol. The minimum absolute atomic E-state index is 0.188. The average Bonchev–Trinajstić information content (AvgIpc) is 2.79. The molecule has 0 spiro atoms. The molecule has 0 aromatic carbocycles. The van der Waals surface area contributed by atoms with Crippen LogP contribution in [0.5, 0.6) is 0 Å². The molecule has 2 heterocycles. The van der Waals surface area contributed by atoms with Gasteiger partial charge in [-0.2, -0.15) is 5.10 Å². The van der Waals surface area contributed by atoms with Crippen LogP contribution in [0.2, 0.25) is 0 Å². The van der Waals surface area contributed by atoms with Gasteiger partial charge in [-0.3, -0.25) is 9.67 Å². The number of carbonyl (C=O) groups excluding carboxylic acids is 1. The van der Waals surface area contributed by atoms with Gasteiger partial charge in [0.1, 0.15) is 23.2 Å². The third-order valence-corrected chi connectivity index (χ3v) is 2.47. The van der Waals surface area contributed by atoms with E-state index < -0.39 is 11.4 Å². The zero-order valence-corrected chi connectivity index (χ0v) is 9.59. The molecule has 88 valence electrons. The fourth-order valence-corrected chi connectivity index (χ4v) is 1.40. The maximum Gasteiger partial charge on any atom is 0.151 e. The van der Waals surface area contributed by atoms with Crippen molar-refractivity contribution in [3.8, 4) is 11.4 Å². The SMILES string of the molecule is CC(C)(C=O)n1ccc(-c2ncccc2F)n1. The number of pyridine rings is 1. The van der Waals surface area contributed by atoms with E-state index in [0.29, 0.717) is 5.69 Å². The molecule has 0 saturated carbocycles. The first-order valence-corrected chi connectivity index (χ1v) is 5.18. The summed E-state index contributed by atoms with van der Waals surface area (Å²) in [5, 5.41) is 4.17. The average molecular weight is 233 g/mol. The van der Waals surface area contributed by atoms with E-state index >= 15 is 0 Å². The Balaban J connectivity index is 2.44. The highest BCUT2D eigenvalue weighted by molar-refractivity contribution is 5.61. The van der Waals surface area contributed by atoms with Crippen molar-refractivity contribution in [2.45, 2.75) is 19.4 Å². The normalized spacial score (nSPS) is 11.5. The molecule has 0 bridgehead atoms. The van der Waals surface area contributed by atoms with Crippen LogP contribution in [-0.4, -0.2) is 21.1 Å². The highest BCUT2D eigenvalue weighted by atomic mass is 19.1. The molecule has 0 saturated heterocycles. The molecule has 0 fully saturated rings. The Morgan fingerprint density at radius 1 is 1.41 bits per heavy atom. The minimum atomic E-state index is -0.747. The molecule has 0 aliphatic rings. The Kier molecular flexibility index (Phi) is 2.75. The predicted octanol–water partition coefficient (Wildman–Crippen LogP) is 2.02. The van der Waals surface area contributed by atoms with E-state index in [4.69, 9.17) is 0 Å². The predicted molar refractivity (Wildman–Crippen MR) is 60.8 cm³/mol. The fraction of sp³-hybridized carbons (Fsp3) is 0.250. The lowest BCUT2D eigenvalue weighted by Gasteiger charge is -2.17. The lowest BCUT2D eigenvalue weighted by Crippen LogP contribution is -2.28. The number of rotatable bonds is 3. The van der Waals surface area contributed by atoms with Gasteiger partial charge in [-0.05, 0) is 32.0 Å². The van der Waals surface area contributed by atoms with Gasteiger partial charge in [-0.1, -0.05) is 0 Å². The van der Waals surface area contributed by atoms with Gasteiger partial charge < -0.3 is 4.79 Å². The molecule has 0 radical (unpaired) electrons. The number of hydrogen-bond acceptors (Lipinski definition) is 3. The fourth-order valence-electron chi connectivity index (χ4n) is 1.40. The Hall–Kier alpha value is -2.04. The van der Waals surface area contributed by atoms with E-state index in [1.54, 1.807) is 26.1 Å². The Morgan fingerprint density at radius 3 is 2.82 bits per heavy atom.